The SMILES string of the molecule is O=C(OCc1nc2ccccc2s1)c1ccc(-c2cc(C(F)(F)F)nn2-c2ccccc2Cl)cc1. The van der Waals surface area contributed by atoms with E-state index >= 15 is 0 Å². The minimum Gasteiger partial charge on any atom is -0.455 e. The highest BCUT2D eigenvalue weighted by molar-refractivity contribution is 7.18. The molecule has 5 nitrogen and oxygen atoms in total. The summed E-state index contributed by atoms with van der Waals surface area (Å²) in [5.41, 5.74) is 0.956. The van der Waals surface area contributed by atoms with Crippen molar-refractivity contribution in [2.75, 3.05) is 0 Å². The van der Waals surface area contributed by atoms with Gasteiger partial charge in [0.15, 0.2) is 5.69 Å². The fourth-order valence-corrected chi connectivity index (χ4v) is 4.60. The van der Waals surface area contributed by atoms with E-state index in [9.17, 15) is 18.0 Å². The van der Waals surface area contributed by atoms with Gasteiger partial charge in [-0.25, -0.2) is 14.5 Å². The van der Waals surface area contributed by atoms with Gasteiger partial charge in [-0.2, -0.15) is 18.3 Å². The maximum Gasteiger partial charge on any atom is 0.435 e. The fourth-order valence-electron chi connectivity index (χ4n) is 3.50. The number of aromatic nitrogens is 3. The summed E-state index contributed by atoms with van der Waals surface area (Å²) in [7, 11) is 0. The minimum atomic E-state index is -4.63. The van der Waals surface area contributed by atoms with Gasteiger partial charge in [-0.3, -0.25) is 0 Å². The number of benzene rings is 3. The molecule has 5 aromatic rings. The Kier molecular flexibility index (Phi) is 6.04. The van der Waals surface area contributed by atoms with E-state index in [2.05, 4.69) is 10.1 Å². The molecule has 0 atom stereocenters. The van der Waals surface area contributed by atoms with Crippen molar-refractivity contribution in [2.24, 2.45) is 0 Å². The zero-order valence-corrected chi connectivity index (χ0v) is 19.4. The molecule has 2 heterocycles. The molecule has 3 aromatic carbocycles. The van der Waals surface area contributed by atoms with Crippen LogP contribution in [-0.2, 0) is 17.5 Å². The number of carbonyl (C=O) groups is 1. The molecule has 0 radical (unpaired) electrons. The van der Waals surface area contributed by atoms with Crippen molar-refractivity contribution in [3.63, 3.8) is 0 Å². The maximum absolute atomic E-state index is 13.4. The van der Waals surface area contributed by atoms with Gasteiger partial charge >= 0.3 is 12.1 Å². The van der Waals surface area contributed by atoms with Crippen LogP contribution < -0.4 is 0 Å². The Bertz CT molecular complexity index is 1490. The van der Waals surface area contributed by atoms with Crippen molar-refractivity contribution in [2.45, 2.75) is 12.8 Å². The number of alkyl halides is 3. The number of nitrogens with zero attached hydrogens (tertiary/aromatic N) is 3. The molecular formula is C25H15ClF3N3O2S. The summed E-state index contributed by atoms with van der Waals surface area (Å²) in [4.78, 5) is 16.9. The summed E-state index contributed by atoms with van der Waals surface area (Å²) in [6, 6.07) is 21.1. The van der Waals surface area contributed by atoms with E-state index in [0.29, 0.717) is 16.3 Å². The summed E-state index contributed by atoms with van der Waals surface area (Å²) in [6.07, 6.45) is -4.63. The fraction of sp³-hybridized carbons (Fsp3) is 0.0800. The molecule has 0 spiro atoms. The lowest BCUT2D eigenvalue weighted by Gasteiger charge is -2.10. The van der Waals surface area contributed by atoms with Crippen molar-refractivity contribution in [1.82, 2.24) is 14.8 Å². The summed E-state index contributed by atoms with van der Waals surface area (Å²) in [5, 5.41) is 4.65. The highest BCUT2D eigenvalue weighted by Gasteiger charge is 2.35. The standard InChI is InChI=1S/C25H15ClF3N3O2S/c26-17-5-1-3-7-19(17)32-20(13-22(31-32)25(27,28)29)15-9-11-16(12-10-15)24(33)34-14-23-30-18-6-2-4-8-21(18)35-23/h1-13H,14H2. The second kappa shape index (κ2) is 9.16. The molecule has 35 heavy (non-hydrogen) atoms. The first-order valence-corrected chi connectivity index (χ1v) is 11.5. The first-order valence-electron chi connectivity index (χ1n) is 10.3. The normalized spacial score (nSPS) is 11.7. The second-order valence-electron chi connectivity index (χ2n) is 7.50. The molecule has 0 aliphatic rings. The quantitative estimate of drug-likeness (QED) is 0.234. The van der Waals surface area contributed by atoms with E-state index < -0.39 is 17.8 Å². The van der Waals surface area contributed by atoms with E-state index in [4.69, 9.17) is 16.3 Å². The smallest absolute Gasteiger partial charge is 0.435 e. The molecule has 176 valence electrons. The average molecular weight is 514 g/mol. The summed E-state index contributed by atoms with van der Waals surface area (Å²) < 4.78 is 47.7. The third kappa shape index (κ3) is 4.78. The number of fused-ring (bicyclic) bond motifs is 1. The van der Waals surface area contributed by atoms with Crippen LogP contribution >= 0.6 is 22.9 Å². The molecule has 10 heteroatoms. The summed E-state index contributed by atoms with van der Waals surface area (Å²) in [5.74, 6) is -0.564. The first-order chi connectivity index (χ1) is 16.8. The number of hydrogen-bond acceptors (Lipinski definition) is 5. The van der Waals surface area contributed by atoms with Crippen LogP contribution in [-0.4, -0.2) is 20.7 Å². The number of carbonyl (C=O) groups excluding carboxylic acids is 1. The van der Waals surface area contributed by atoms with Gasteiger partial charge in [0.1, 0.15) is 11.6 Å². The van der Waals surface area contributed by atoms with Crippen LogP contribution in [0.4, 0.5) is 13.2 Å². The van der Waals surface area contributed by atoms with Crippen molar-refractivity contribution in [1.29, 1.82) is 0 Å². The van der Waals surface area contributed by atoms with Gasteiger partial charge in [0, 0.05) is 5.56 Å². The zero-order chi connectivity index (χ0) is 24.6. The van der Waals surface area contributed by atoms with Crippen LogP contribution in [0, 0.1) is 0 Å². The van der Waals surface area contributed by atoms with Crippen LogP contribution in [0.25, 0.3) is 27.2 Å². The number of thiazole rings is 1. The van der Waals surface area contributed by atoms with Crippen molar-refractivity contribution in [3.05, 3.63) is 100 Å². The monoisotopic (exact) mass is 513 g/mol. The number of para-hydroxylation sites is 2. The van der Waals surface area contributed by atoms with Gasteiger partial charge in [-0.15, -0.1) is 11.3 Å². The van der Waals surface area contributed by atoms with Crippen LogP contribution in [0.2, 0.25) is 5.02 Å². The van der Waals surface area contributed by atoms with Crippen molar-refractivity contribution in [3.8, 4) is 16.9 Å². The molecule has 0 aliphatic carbocycles. The summed E-state index contributed by atoms with van der Waals surface area (Å²) in [6.45, 7) is 0.0220. The lowest BCUT2D eigenvalue weighted by Crippen LogP contribution is -2.07. The van der Waals surface area contributed by atoms with E-state index in [1.165, 1.54) is 23.5 Å². The van der Waals surface area contributed by atoms with Gasteiger partial charge in [-0.05, 0) is 42.5 Å². The minimum absolute atomic E-state index is 0.0220. The van der Waals surface area contributed by atoms with Gasteiger partial charge in [0.2, 0.25) is 0 Å². The predicted octanol–water partition coefficient (Wildman–Crippen LogP) is 7.18. The Hall–Kier alpha value is -3.69. The molecule has 5 rings (SSSR count). The van der Waals surface area contributed by atoms with E-state index in [-0.39, 0.29) is 22.9 Å². The van der Waals surface area contributed by atoms with E-state index in [1.807, 2.05) is 24.3 Å². The molecule has 0 aliphatic heterocycles. The lowest BCUT2D eigenvalue weighted by molar-refractivity contribution is -0.141. The van der Waals surface area contributed by atoms with Gasteiger partial charge in [0.25, 0.3) is 0 Å². The average Bonchev–Trinajstić information content (AvgIpc) is 3.47. The predicted molar refractivity (Wildman–Crippen MR) is 128 cm³/mol. The summed E-state index contributed by atoms with van der Waals surface area (Å²) >= 11 is 7.65. The molecule has 0 fully saturated rings. The van der Waals surface area contributed by atoms with Gasteiger partial charge < -0.3 is 4.74 Å². The van der Waals surface area contributed by atoms with E-state index in [1.54, 1.807) is 36.4 Å². The number of halogens is 4. The largest absolute Gasteiger partial charge is 0.455 e. The van der Waals surface area contributed by atoms with Crippen LogP contribution in [0.3, 0.4) is 0 Å². The molecule has 0 bridgehead atoms. The number of rotatable bonds is 5. The first kappa shape index (κ1) is 23.1. The van der Waals surface area contributed by atoms with Crippen molar-refractivity contribution < 1.29 is 22.7 Å². The Morgan fingerprint density at radius 1 is 1.00 bits per heavy atom. The molecule has 0 unspecified atom stereocenters. The molecule has 0 amide bonds. The third-order valence-electron chi connectivity index (χ3n) is 5.16. The van der Waals surface area contributed by atoms with E-state index in [0.717, 1.165) is 21.0 Å². The lowest BCUT2D eigenvalue weighted by atomic mass is 10.1. The Balaban J connectivity index is 1.39. The molecule has 0 saturated heterocycles. The number of hydrogen-bond donors (Lipinski definition) is 0. The third-order valence-corrected chi connectivity index (χ3v) is 6.49. The highest BCUT2D eigenvalue weighted by atomic mass is 35.5. The molecule has 2 aromatic heterocycles. The number of ether oxygens (including phenoxy) is 1. The van der Waals surface area contributed by atoms with Crippen molar-refractivity contribution >= 4 is 39.1 Å². The highest BCUT2D eigenvalue weighted by Crippen LogP contribution is 2.34. The zero-order valence-electron chi connectivity index (χ0n) is 17.8. The Morgan fingerprint density at radius 3 is 2.43 bits per heavy atom. The van der Waals surface area contributed by atoms with Gasteiger partial charge in [0.05, 0.1) is 32.2 Å². The molecule has 0 saturated carbocycles. The van der Waals surface area contributed by atoms with Crippen LogP contribution in [0.5, 0.6) is 0 Å². The maximum atomic E-state index is 13.4. The van der Waals surface area contributed by atoms with Crippen LogP contribution in [0.1, 0.15) is 21.1 Å². The topological polar surface area (TPSA) is 57.0 Å². The Labute approximate surface area is 206 Å². The number of esters is 1. The second-order valence-corrected chi connectivity index (χ2v) is 9.03. The molecular weight excluding hydrogens is 499 g/mol. The molecule has 0 N–H and O–H groups in total. The Morgan fingerprint density at radius 2 is 1.71 bits per heavy atom. The van der Waals surface area contributed by atoms with Gasteiger partial charge in [-0.1, -0.05) is 48.0 Å². The van der Waals surface area contributed by atoms with Crippen LogP contribution in [0.15, 0.2) is 78.9 Å².